The van der Waals surface area contributed by atoms with Crippen molar-refractivity contribution >= 4 is 64.1 Å². The third-order valence-corrected chi connectivity index (χ3v) is 5.86. The van der Waals surface area contributed by atoms with Crippen LogP contribution in [0.3, 0.4) is 0 Å². The van der Waals surface area contributed by atoms with Gasteiger partial charge in [0, 0.05) is 22.1 Å². The number of benzene rings is 2. The lowest BCUT2D eigenvalue weighted by molar-refractivity contribution is -0.122. The Balaban J connectivity index is 1.78. The first-order valence-corrected chi connectivity index (χ1v) is 10.5. The van der Waals surface area contributed by atoms with Gasteiger partial charge in [0.25, 0.3) is 11.8 Å². The Hall–Kier alpha value is -2.93. The Bertz CT molecular complexity index is 1270. The van der Waals surface area contributed by atoms with Crippen LogP contribution in [0, 0.1) is 13.8 Å². The highest BCUT2D eigenvalue weighted by Gasteiger charge is 2.35. The van der Waals surface area contributed by atoms with Gasteiger partial charge in [-0.15, -0.1) is 0 Å². The van der Waals surface area contributed by atoms with Gasteiger partial charge in [-0.1, -0.05) is 41.4 Å². The molecule has 2 aromatic carbocycles. The van der Waals surface area contributed by atoms with Crippen molar-refractivity contribution in [1.82, 2.24) is 9.88 Å². The Kier molecular flexibility index (Phi) is 5.71. The third kappa shape index (κ3) is 3.90. The second-order valence-electron chi connectivity index (χ2n) is 7.05. The molecule has 1 fully saturated rings. The van der Waals surface area contributed by atoms with E-state index in [0.29, 0.717) is 10.7 Å². The average Bonchev–Trinajstić information content (AvgIpc) is 3.00. The normalized spacial score (nSPS) is 15.5. The summed E-state index contributed by atoms with van der Waals surface area (Å²) in [5, 5.41) is 3.22. The van der Waals surface area contributed by atoms with E-state index in [0.717, 1.165) is 22.6 Å². The fourth-order valence-electron chi connectivity index (χ4n) is 3.60. The summed E-state index contributed by atoms with van der Waals surface area (Å²) in [4.78, 5) is 27.1. The molecule has 0 unspecified atom stereocenters. The van der Waals surface area contributed by atoms with Gasteiger partial charge in [0.2, 0.25) is 0 Å². The largest absolute Gasteiger partial charge is 0.318 e. The minimum Gasteiger partial charge on any atom is -0.318 e. The van der Waals surface area contributed by atoms with E-state index in [2.05, 4.69) is 9.88 Å². The Labute approximate surface area is 194 Å². The zero-order chi connectivity index (χ0) is 22.3. The number of para-hydroxylation sites is 1. The molecule has 0 aliphatic carbocycles. The lowest BCUT2D eigenvalue weighted by Crippen LogP contribution is -2.54. The Morgan fingerprint density at radius 2 is 1.71 bits per heavy atom. The molecule has 8 heteroatoms. The molecule has 31 heavy (non-hydrogen) atoms. The van der Waals surface area contributed by atoms with Crippen molar-refractivity contribution in [2.45, 2.75) is 13.8 Å². The van der Waals surface area contributed by atoms with E-state index in [1.807, 2.05) is 50.2 Å². The summed E-state index contributed by atoms with van der Waals surface area (Å²) >= 11 is 17.5. The Morgan fingerprint density at radius 1 is 1.00 bits per heavy atom. The zero-order valence-corrected chi connectivity index (χ0v) is 19.0. The molecular weight excluding hydrogens is 453 g/mol. The number of anilines is 1. The molecule has 1 aliphatic rings. The van der Waals surface area contributed by atoms with E-state index in [1.165, 1.54) is 11.0 Å². The van der Waals surface area contributed by atoms with Crippen molar-refractivity contribution in [2.24, 2.45) is 0 Å². The molecule has 3 aromatic rings. The molecule has 0 bridgehead atoms. The number of nitrogens with one attached hydrogen (secondary N) is 1. The molecule has 1 aromatic heterocycles. The summed E-state index contributed by atoms with van der Waals surface area (Å²) in [6.45, 7) is 3.91. The number of nitrogens with zero attached hydrogens (tertiary/aromatic N) is 2. The van der Waals surface area contributed by atoms with E-state index in [9.17, 15) is 9.59 Å². The van der Waals surface area contributed by atoms with Gasteiger partial charge < -0.3 is 4.57 Å². The minimum atomic E-state index is -0.555. The van der Waals surface area contributed by atoms with Gasteiger partial charge >= 0.3 is 0 Å². The second-order valence-corrected chi connectivity index (χ2v) is 8.28. The van der Waals surface area contributed by atoms with Crippen LogP contribution >= 0.6 is 35.4 Å². The number of rotatable bonds is 3. The van der Waals surface area contributed by atoms with Gasteiger partial charge in [-0.3, -0.25) is 19.8 Å². The molecule has 0 spiro atoms. The van der Waals surface area contributed by atoms with Crippen LogP contribution in [0.25, 0.3) is 11.8 Å². The standard InChI is InChI=1S/C23H17Cl2N3O2S/c1-13-10-15(14(2)27(13)17-6-4-3-5-7-17)11-18-21(29)26-23(31)28(22(18)30)20-9-8-16(24)12-19(20)25/h3-12H,1-2H3,(H,26,29,31)/b18-11+. The predicted molar refractivity (Wildman–Crippen MR) is 128 cm³/mol. The summed E-state index contributed by atoms with van der Waals surface area (Å²) in [5.74, 6) is -1.11. The molecule has 0 saturated carbocycles. The number of hydrogen-bond acceptors (Lipinski definition) is 3. The summed E-state index contributed by atoms with van der Waals surface area (Å²) < 4.78 is 2.07. The van der Waals surface area contributed by atoms with Crippen molar-refractivity contribution in [1.29, 1.82) is 0 Å². The summed E-state index contributed by atoms with van der Waals surface area (Å²) in [6.07, 6.45) is 1.58. The highest BCUT2D eigenvalue weighted by molar-refractivity contribution is 7.80. The number of aromatic nitrogens is 1. The number of amides is 2. The number of halogens is 2. The molecule has 0 atom stereocenters. The van der Waals surface area contributed by atoms with E-state index >= 15 is 0 Å². The first kappa shape index (κ1) is 21.3. The minimum absolute atomic E-state index is 0.0343. The second kappa shape index (κ2) is 8.30. The van der Waals surface area contributed by atoms with Crippen LogP contribution in [0.4, 0.5) is 5.69 Å². The van der Waals surface area contributed by atoms with Crippen LogP contribution < -0.4 is 10.2 Å². The van der Waals surface area contributed by atoms with E-state index in [-0.39, 0.29) is 15.7 Å². The zero-order valence-electron chi connectivity index (χ0n) is 16.6. The highest BCUT2D eigenvalue weighted by Crippen LogP contribution is 2.32. The number of aryl methyl sites for hydroxylation is 1. The van der Waals surface area contributed by atoms with Crippen molar-refractivity contribution in [3.63, 3.8) is 0 Å². The fraction of sp³-hybridized carbons (Fsp3) is 0.0870. The first-order valence-electron chi connectivity index (χ1n) is 9.39. The third-order valence-electron chi connectivity index (χ3n) is 5.04. The van der Waals surface area contributed by atoms with Gasteiger partial charge in [-0.25, -0.2) is 0 Å². The van der Waals surface area contributed by atoms with Gasteiger partial charge in [0.1, 0.15) is 5.57 Å². The average molecular weight is 470 g/mol. The quantitative estimate of drug-likeness (QED) is 0.324. The topological polar surface area (TPSA) is 54.3 Å². The van der Waals surface area contributed by atoms with Crippen LogP contribution in [-0.4, -0.2) is 21.5 Å². The molecule has 4 rings (SSSR count). The van der Waals surface area contributed by atoms with E-state index in [1.54, 1.807) is 18.2 Å². The molecular formula is C23H17Cl2N3O2S. The van der Waals surface area contributed by atoms with Gasteiger partial charge in [-0.05, 0) is 74.1 Å². The Morgan fingerprint density at radius 3 is 2.39 bits per heavy atom. The maximum atomic E-state index is 13.3. The van der Waals surface area contributed by atoms with Crippen molar-refractivity contribution < 1.29 is 9.59 Å². The molecule has 1 aliphatic heterocycles. The number of carbonyl (C=O) groups is 2. The first-order chi connectivity index (χ1) is 14.8. The summed E-state index contributed by atoms with van der Waals surface area (Å²) in [7, 11) is 0. The van der Waals surface area contributed by atoms with Gasteiger partial charge in [0.05, 0.1) is 10.7 Å². The lowest BCUT2D eigenvalue weighted by Gasteiger charge is -2.29. The lowest BCUT2D eigenvalue weighted by atomic mass is 10.1. The molecule has 1 N–H and O–H groups in total. The number of carbonyl (C=O) groups excluding carboxylic acids is 2. The van der Waals surface area contributed by atoms with Crippen LogP contribution in [0.1, 0.15) is 17.0 Å². The van der Waals surface area contributed by atoms with Crippen molar-refractivity contribution in [3.05, 3.63) is 87.2 Å². The maximum absolute atomic E-state index is 13.3. The predicted octanol–water partition coefficient (Wildman–Crippen LogP) is 5.23. The van der Waals surface area contributed by atoms with Crippen molar-refractivity contribution in [3.8, 4) is 5.69 Å². The van der Waals surface area contributed by atoms with Gasteiger partial charge in [-0.2, -0.15) is 0 Å². The van der Waals surface area contributed by atoms with Crippen LogP contribution in [0.5, 0.6) is 0 Å². The van der Waals surface area contributed by atoms with E-state index < -0.39 is 11.8 Å². The molecule has 5 nitrogen and oxygen atoms in total. The smallest absolute Gasteiger partial charge is 0.270 e. The summed E-state index contributed by atoms with van der Waals surface area (Å²) in [5.41, 5.74) is 3.95. The summed E-state index contributed by atoms with van der Waals surface area (Å²) in [6, 6.07) is 16.5. The van der Waals surface area contributed by atoms with Crippen LogP contribution in [-0.2, 0) is 9.59 Å². The van der Waals surface area contributed by atoms with Gasteiger partial charge in [0.15, 0.2) is 5.11 Å². The number of thiocarbonyl (C=S) groups is 1. The maximum Gasteiger partial charge on any atom is 0.270 e. The van der Waals surface area contributed by atoms with E-state index in [4.69, 9.17) is 35.4 Å². The molecule has 0 radical (unpaired) electrons. The van der Waals surface area contributed by atoms with Crippen molar-refractivity contribution in [2.75, 3.05) is 4.90 Å². The van der Waals surface area contributed by atoms with Crippen LogP contribution in [0.15, 0.2) is 60.2 Å². The molecule has 1 saturated heterocycles. The number of hydrogen-bond donors (Lipinski definition) is 1. The van der Waals surface area contributed by atoms with Crippen LogP contribution in [0.2, 0.25) is 10.0 Å². The molecule has 2 amide bonds. The monoisotopic (exact) mass is 469 g/mol. The highest BCUT2D eigenvalue weighted by atomic mass is 35.5. The fourth-order valence-corrected chi connectivity index (χ4v) is 4.37. The molecule has 156 valence electrons. The molecule has 2 heterocycles. The SMILES string of the molecule is Cc1cc(/C=C2\C(=O)NC(=S)N(c3ccc(Cl)cc3Cl)C2=O)c(C)n1-c1ccccc1.